The summed E-state index contributed by atoms with van der Waals surface area (Å²) in [5.74, 6) is 1.39. The van der Waals surface area contributed by atoms with E-state index in [0.29, 0.717) is 35.7 Å². The number of anilines is 1. The van der Waals surface area contributed by atoms with Crippen LogP contribution in [0.2, 0.25) is 5.02 Å². The number of halogens is 1. The number of hydrogen-bond donors (Lipinski definition) is 1. The maximum atomic E-state index is 13.1. The van der Waals surface area contributed by atoms with Crippen molar-refractivity contribution in [3.05, 3.63) is 99.9 Å². The van der Waals surface area contributed by atoms with Gasteiger partial charge in [0.25, 0.3) is 0 Å². The quantitative estimate of drug-likeness (QED) is 0.232. The maximum absolute atomic E-state index is 13.1. The van der Waals surface area contributed by atoms with Gasteiger partial charge in [-0.15, -0.1) is 0 Å². The molecule has 0 bridgehead atoms. The number of ketones is 1. The SMILES string of the molecule is Cc1cncc(CCC(=O)c2nc(NCc3cccc(Cl)c3)c3cc(-c4c(C)noc4C)ccc3n2)c1. The minimum absolute atomic E-state index is 0.121. The van der Waals surface area contributed by atoms with E-state index in [1.165, 1.54) is 0 Å². The van der Waals surface area contributed by atoms with Crippen LogP contribution in [0, 0.1) is 20.8 Å². The number of aryl methyl sites for hydroxylation is 4. The summed E-state index contributed by atoms with van der Waals surface area (Å²) in [4.78, 5) is 26.7. The summed E-state index contributed by atoms with van der Waals surface area (Å²) >= 11 is 6.17. The Morgan fingerprint density at radius 3 is 2.62 bits per heavy atom. The molecule has 0 aliphatic carbocycles. The van der Waals surface area contributed by atoms with Crippen molar-refractivity contribution in [3.63, 3.8) is 0 Å². The van der Waals surface area contributed by atoms with Crippen molar-refractivity contribution >= 4 is 34.1 Å². The molecule has 8 heteroatoms. The highest BCUT2D eigenvalue weighted by Crippen LogP contribution is 2.32. The lowest BCUT2D eigenvalue weighted by Gasteiger charge is -2.12. The first kappa shape index (κ1) is 24.6. The summed E-state index contributed by atoms with van der Waals surface area (Å²) in [7, 11) is 0. The molecule has 0 aliphatic rings. The lowest BCUT2D eigenvalue weighted by molar-refractivity contribution is 0.0973. The highest BCUT2D eigenvalue weighted by Gasteiger charge is 2.17. The van der Waals surface area contributed by atoms with Gasteiger partial charge < -0.3 is 9.84 Å². The van der Waals surface area contributed by atoms with Gasteiger partial charge in [-0.3, -0.25) is 9.78 Å². The molecule has 0 radical (unpaired) electrons. The highest BCUT2D eigenvalue weighted by atomic mass is 35.5. The van der Waals surface area contributed by atoms with Crippen LogP contribution in [0.1, 0.15) is 45.2 Å². The number of nitrogens with one attached hydrogen (secondary N) is 1. The highest BCUT2D eigenvalue weighted by molar-refractivity contribution is 6.30. The van der Waals surface area contributed by atoms with Crippen LogP contribution in [0.3, 0.4) is 0 Å². The molecule has 2 aromatic carbocycles. The second-order valence-electron chi connectivity index (χ2n) is 9.10. The van der Waals surface area contributed by atoms with Crippen molar-refractivity contribution in [2.45, 2.75) is 40.2 Å². The fourth-order valence-corrected chi connectivity index (χ4v) is 4.61. The summed E-state index contributed by atoms with van der Waals surface area (Å²) in [6, 6.07) is 15.5. The zero-order chi connectivity index (χ0) is 25.9. The fraction of sp³-hybridized carbons (Fsp3) is 0.207. The number of rotatable bonds is 8. The van der Waals surface area contributed by atoms with E-state index in [2.05, 4.69) is 25.4 Å². The van der Waals surface area contributed by atoms with E-state index in [9.17, 15) is 4.79 Å². The third-order valence-electron chi connectivity index (χ3n) is 6.19. The van der Waals surface area contributed by atoms with Crippen LogP contribution in [0.5, 0.6) is 0 Å². The minimum atomic E-state index is -0.121. The number of benzene rings is 2. The van der Waals surface area contributed by atoms with E-state index in [4.69, 9.17) is 16.1 Å². The van der Waals surface area contributed by atoms with Gasteiger partial charge in [-0.2, -0.15) is 0 Å². The molecule has 0 amide bonds. The largest absolute Gasteiger partial charge is 0.365 e. The maximum Gasteiger partial charge on any atom is 0.200 e. The van der Waals surface area contributed by atoms with Crippen LogP contribution < -0.4 is 5.32 Å². The number of carbonyl (C=O) groups is 1. The summed E-state index contributed by atoms with van der Waals surface area (Å²) in [5, 5.41) is 8.95. The van der Waals surface area contributed by atoms with Crippen molar-refractivity contribution in [1.29, 1.82) is 0 Å². The molecule has 3 heterocycles. The Morgan fingerprint density at radius 1 is 1.00 bits per heavy atom. The van der Waals surface area contributed by atoms with Crippen LogP contribution >= 0.6 is 11.6 Å². The predicted octanol–water partition coefficient (Wildman–Crippen LogP) is 6.69. The molecule has 186 valence electrons. The zero-order valence-electron chi connectivity index (χ0n) is 20.9. The Bertz CT molecular complexity index is 1590. The van der Waals surface area contributed by atoms with Gasteiger partial charge in [0.15, 0.2) is 11.6 Å². The van der Waals surface area contributed by atoms with Crippen LogP contribution in [-0.4, -0.2) is 25.9 Å². The van der Waals surface area contributed by atoms with E-state index >= 15 is 0 Å². The van der Waals surface area contributed by atoms with Crippen molar-refractivity contribution in [1.82, 2.24) is 20.1 Å². The lowest BCUT2D eigenvalue weighted by Crippen LogP contribution is -2.11. The Labute approximate surface area is 219 Å². The number of fused-ring (bicyclic) bond motifs is 1. The average molecular weight is 512 g/mol. The van der Waals surface area contributed by atoms with Gasteiger partial charge in [0.1, 0.15) is 11.6 Å². The van der Waals surface area contributed by atoms with Gasteiger partial charge in [0, 0.05) is 41.3 Å². The van der Waals surface area contributed by atoms with E-state index < -0.39 is 0 Å². The molecule has 0 saturated carbocycles. The molecule has 0 aliphatic heterocycles. The molecular weight excluding hydrogens is 486 g/mol. The van der Waals surface area contributed by atoms with Crippen LogP contribution in [-0.2, 0) is 13.0 Å². The summed E-state index contributed by atoms with van der Waals surface area (Å²) in [5.41, 5.74) is 6.45. The number of aromatic nitrogens is 4. The predicted molar refractivity (Wildman–Crippen MR) is 145 cm³/mol. The zero-order valence-corrected chi connectivity index (χ0v) is 21.6. The smallest absolute Gasteiger partial charge is 0.200 e. The molecule has 1 N–H and O–H groups in total. The molecule has 0 fully saturated rings. The van der Waals surface area contributed by atoms with E-state index in [0.717, 1.165) is 44.7 Å². The van der Waals surface area contributed by atoms with Gasteiger partial charge in [-0.05, 0) is 73.7 Å². The minimum Gasteiger partial charge on any atom is -0.365 e. The van der Waals surface area contributed by atoms with Gasteiger partial charge in [-0.25, -0.2) is 9.97 Å². The van der Waals surface area contributed by atoms with E-state index in [1.54, 1.807) is 12.4 Å². The monoisotopic (exact) mass is 511 g/mol. The van der Waals surface area contributed by atoms with Crippen molar-refractivity contribution in [3.8, 4) is 11.1 Å². The van der Waals surface area contributed by atoms with Gasteiger partial charge in [0.2, 0.25) is 0 Å². The normalized spacial score (nSPS) is 11.1. The molecular formula is C29H26ClN5O2. The van der Waals surface area contributed by atoms with Crippen molar-refractivity contribution < 1.29 is 9.32 Å². The molecule has 0 spiro atoms. The molecule has 0 saturated heterocycles. The first-order valence-electron chi connectivity index (χ1n) is 12.0. The topological polar surface area (TPSA) is 93.8 Å². The third kappa shape index (κ3) is 5.52. The lowest BCUT2D eigenvalue weighted by atomic mass is 10.0. The second-order valence-corrected chi connectivity index (χ2v) is 9.54. The fourth-order valence-electron chi connectivity index (χ4n) is 4.40. The molecule has 0 unspecified atom stereocenters. The van der Waals surface area contributed by atoms with Crippen LogP contribution in [0.4, 0.5) is 5.82 Å². The van der Waals surface area contributed by atoms with Crippen molar-refractivity contribution in [2.75, 3.05) is 5.32 Å². The van der Waals surface area contributed by atoms with E-state index in [-0.39, 0.29) is 11.6 Å². The summed E-state index contributed by atoms with van der Waals surface area (Å²) < 4.78 is 5.37. The Balaban J connectivity index is 1.50. The van der Waals surface area contributed by atoms with Gasteiger partial charge in [0.05, 0.1) is 11.2 Å². The number of pyridine rings is 1. The first-order chi connectivity index (χ1) is 17.9. The number of Topliss-reactive ketones (excluding diaryl/α,β-unsaturated/α-hetero) is 1. The Morgan fingerprint density at radius 2 is 1.86 bits per heavy atom. The summed E-state index contributed by atoms with van der Waals surface area (Å²) in [6.45, 7) is 6.28. The van der Waals surface area contributed by atoms with Gasteiger partial charge >= 0.3 is 0 Å². The number of nitrogens with zero attached hydrogens (tertiary/aromatic N) is 4. The van der Waals surface area contributed by atoms with E-state index in [1.807, 2.05) is 69.3 Å². The van der Waals surface area contributed by atoms with Crippen LogP contribution in [0.15, 0.2) is 65.4 Å². The van der Waals surface area contributed by atoms with Crippen LogP contribution in [0.25, 0.3) is 22.0 Å². The summed E-state index contributed by atoms with van der Waals surface area (Å²) in [6.07, 6.45) is 4.45. The average Bonchev–Trinajstić information content (AvgIpc) is 3.23. The molecule has 0 atom stereocenters. The van der Waals surface area contributed by atoms with Crippen molar-refractivity contribution in [2.24, 2.45) is 0 Å². The molecule has 5 rings (SSSR count). The number of hydrogen-bond acceptors (Lipinski definition) is 7. The molecule has 37 heavy (non-hydrogen) atoms. The third-order valence-corrected chi connectivity index (χ3v) is 6.42. The molecule has 7 nitrogen and oxygen atoms in total. The Kier molecular flexibility index (Phi) is 6.97. The second kappa shape index (κ2) is 10.5. The number of carbonyl (C=O) groups excluding carboxylic acids is 1. The first-order valence-corrected chi connectivity index (χ1v) is 12.4. The standard InChI is InChI=1S/C29H26ClN5O2/c1-17-11-21(15-31-14-17)7-10-26(36)29-33-25-9-8-22(27-18(2)35-37-19(27)3)13-24(25)28(34-29)32-16-20-5-4-6-23(30)12-20/h4-6,8-9,11-15H,7,10,16H2,1-3H3,(H,32,33,34). The Hall–Kier alpha value is -4.10. The molecule has 5 aromatic rings. The molecule has 3 aromatic heterocycles. The van der Waals surface area contributed by atoms with Gasteiger partial charge in [-0.1, -0.05) is 41.0 Å².